The summed E-state index contributed by atoms with van der Waals surface area (Å²) in [5.41, 5.74) is 7.57. The Morgan fingerprint density at radius 1 is 1.24 bits per heavy atom. The summed E-state index contributed by atoms with van der Waals surface area (Å²) in [5.74, 6) is 0.0911. The zero-order valence-electron chi connectivity index (χ0n) is 13.4. The number of anilines is 1. The van der Waals surface area contributed by atoms with Crippen LogP contribution in [0.25, 0.3) is 0 Å². The SMILES string of the molecule is NC[C@H]1CC[C@@H]2[C@H](O1)c1cc(C(F)(F)F)ccc1N[C@H]2c1ccsc1. The van der Waals surface area contributed by atoms with Gasteiger partial charge >= 0.3 is 6.18 Å². The van der Waals surface area contributed by atoms with Gasteiger partial charge in [-0.15, -0.1) is 0 Å². The van der Waals surface area contributed by atoms with Gasteiger partial charge in [-0.3, -0.25) is 0 Å². The molecule has 1 aromatic carbocycles. The maximum atomic E-state index is 13.1. The van der Waals surface area contributed by atoms with Gasteiger partial charge < -0.3 is 15.8 Å². The van der Waals surface area contributed by atoms with Crippen molar-refractivity contribution < 1.29 is 17.9 Å². The third-order valence-electron chi connectivity index (χ3n) is 5.14. The second kappa shape index (κ2) is 6.30. The number of ether oxygens (including phenoxy) is 1. The second-order valence-electron chi connectivity index (χ2n) is 6.63. The van der Waals surface area contributed by atoms with Gasteiger partial charge in [-0.05, 0) is 53.4 Å². The molecule has 1 saturated heterocycles. The summed E-state index contributed by atoms with van der Waals surface area (Å²) in [4.78, 5) is 0. The van der Waals surface area contributed by atoms with Crippen molar-refractivity contribution in [2.75, 3.05) is 11.9 Å². The molecule has 4 atom stereocenters. The molecule has 4 rings (SSSR count). The molecular formula is C18H19F3N2OS. The van der Waals surface area contributed by atoms with Crippen LogP contribution in [0, 0.1) is 5.92 Å². The summed E-state index contributed by atoms with van der Waals surface area (Å²) < 4.78 is 45.6. The van der Waals surface area contributed by atoms with Crippen LogP contribution in [0.2, 0.25) is 0 Å². The Labute approximate surface area is 148 Å². The minimum absolute atomic E-state index is 0.0409. The van der Waals surface area contributed by atoms with Crippen molar-refractivity contribution in [3.8, 4) is 0 Å². The highest BCUT2D eigenvalue weighted by Gasteiger charge is 2.43. The molecule has 3 heterocycles. The van der Waals surface area contributed by atoms with E-state index in [1.165, 1.54) is 12.1 Å². The monoisotopic (exact) mass is 368 g/mol. The molecule has 0 unspecified atom stereocenters. The van der Waals surface area contributed by atoms with Crippen molar-refractivity contribution in [1.82, 2.24) is 0 Å². The van der Waals surface area contributed by atoms with Gasteiger partial charge in [0.15, 0.2) is 0 Å². The van der Waals surface area contributed by atoms with Crippen LogP contribution in [0.1, 0.15) is 41.7 Å². The van der Waals surface area contributed by atoms with Crippen LogP contribution in [-0.4, -0.2) is 12.6 Å². The summed E-state index contributed by atoms with van der Waals surface area (Å²) >= 11 is 1.62. The Morgan fingerprint density at radius 2 is 2.08 bits per heavy atom. The highest BCUT2D eigenvalue weighted by atomic mass is 32.1. The molecule has 2 aromatic rings. The molecule has 3 N–H and O–H groups in total. The van der Waals surface area contributed by atoms with Crippen molar-refractivity contribution in [3.63, 3.8) is 0 Å². The smallest absolute Gasteiger partial charge is 0.378 e. The third-order valence-corrected chi connectivity index (χ3v) is 5.84. The van der Waals surface area contributed by atoms with Crippen molar-refractivity contribution >= 4 is 17.0 Å². The lowest BCUT2D eigenvalue weighted by atomic mass is 9.76. The van der Waals surface area contributed by atoms with Gasteiger partial charge in [0.25, 0.3) is 0 Å². The van der Waals surface area contributed by atoms with Crippen molar-refractivity contribution in [2.24, 2.45) is 11.7 Å². The van der Waals surface area contributed by atoms with Gasteiger partial charge in [-0.2, -0.15) is 24.5 Å². The number of fused-ring (bicyclic) bond motifs is 3. The van der Waals surface area contributed by atoms with Crippen molar-refractivity contribution in [3.05, 3.63) is 51.7 Å². The third kappa shape index (κ3) is 3.05. The Hall–Kier alpha value is -1.57. The van der Waals surface area contributed by atoms with E-state index in [-0.39, 0.29) is 24.2 Å². The normalized spacial score (nSPS) is 28.8. The zero-order valence-corrected chi connectivity index (χ0v) is 14.2. The molecule has 1 fully saturated rings. The van der Waals surface area contributed by atoms with E-state index in [1.54, 1.807) is 11.3 Å². The fourth-order valence-electron chi connectivity index (χ4n) is 3.89. The van der Waals surface area contributed by atoms with Crippen LogP contribution >= 0.6 is 11.3 Å². The fraction of sp³-hybridized carbons (Fsp3) is 0.444. The van der Waals surface area contributed by atoms with E-state index >= 15 is 0 Å². The zero-order chi connectivity index (χ0) is 17.6. The number of halogens is 3. The van der Waals surface area contributed by atoms with Crippen LogP contribution in [-0.2, 0) is 10.9 Å². The predicted octanol–water partition coefficient (Wildman–Crippen LogP) is 4.73. The maximum Gasteiger partial charge on any atom is 0.416 e. The number of thiophene rings is 1. The first kappa shape index (κ1) is 16.9. The molecule has 134 valence electrons. The largest absolute Gasteiger partial charge is 0.416 e. The molecule has 0 spiro atoms. The summed E-state index contributed by atoms with van der Waals surface area (Å²) in [5, 5.41) is 7.53. The number of hydrogen-bond acceptors (Lipinski definition) is 4. The van der Waals surface area contributed by atoms with Gasteiger partial charge in [-0.1, -0.05) is 0 Å². The molecular weight excluding hydrogens is 349 g/mol. The average molecular weight is 368 g/mol. The van der Waals surface area contributed by atoms with Crippen LogP contribution in [0.4, 0.5) is 18.9 Å². The van der Waals surface area contributed by atoms with Gasteiger partial charge in [-0.25, -0.2) is 0 Å². The lowest BCUT2D eigenvalue weighted by Crippen LogP contribution is -2.41. The number of nitrogens with two attached hydrogens (primary N) is 1. The fourth-order valence-corrected chi connectivity index (χ4v) is 4.58. The van der Waals surface area contributed by atoms with E-state index in [0.717, 1.165) is 24.5 Å². The van der Waals surface area contributed by atoms with E-state index in [1.807, 2.05) is 5.38 Å². The number of alkyl halides is 3. The Morgan fingerprint density at radius 3 is 2.76 bits per heavy atom. The predicted molar refractivity (Wildman–Crippen MR) is 91.5 cm³/mol. The summed E-state index contributed by atoms with van der Waals surface area (Å²) in [7, 11) is 0. The number of rotatable bonds is 2. The van der Waals surface area contributed by atoms with E-state index in [9.17, 15) is 13.2 Å². The van der Waals surface area contributed by atoms with Crippen LogP contribution in [0.5, 0.6) is 0 Å². The maximum absolute atomic E-state index is 13.1. The van der Waals surface area contributed by atoms with E-state index in [2.05, 4.69) is 16.8 Å². The number of nitrogens with one attached hydrogen (secondary N) is 1. The second-order valence-corrected chi connectivity index (χ2v) is 7.41. The first-order valence-corrected chi connectivity index (χ1v) is 9.27. The minimum atomic E-state index is -4.36. The van der Waals surface area contributed by atoms with Crippen molar-refractivity contribution in [2.45, 2.75) is 37.3 Å². The lowest BCUT2D eigenvalue weighted by molar-refractivity contribution is -0.138. The summed E-state index contributed by atoms with van der Waals surface area (Å²) in [6.07, 6.45) is -3.14. The molecule has 3 nitrogen and oxygen atoms in total. The first-order chi connectivity index (χ1) is 12.0. The Balaban J connectivity index is 1.77. The van der Waals surface area contributed by atoms with E-state index in [0.29, 0.717) is 17.8 Å². The molecule has 0 radical (unpaired) electrons. The highest BCUT2D eigenvalue weighted by Crippen LogP contribution is 2.51. The van der Waals surface area contributed by atoms with Gasteiger partial charge in [0, 0.05) is 23.7 Å². The lowest BCUT2D eigenvalue weighted by Gasteiger charge is -2.45. The molecule has 1 aromatic heterocycles. The molecule has 25 heavy (non-hydrogen) atoms. The van der Waals surface area contributed by atoms with E-state index in [4.69, 9.17) is 10.5 Å². The van der Waals surface area contributed by atoms with Gasteiger partial charge in [0.1, 0.15) is 0 Å². The van der Waals surface area contributed by atoms with Crippen LogP contribution < -0.4 is 11.1 Å². The highest BCUT2D eigenvalue weighted by molar-refractivity contribution is 7.08. The Kier molecular flexibility index (Phi) is 4.25. The van der Waals surface area contributed by atoms with Crippen molar-refractivity contribution in [1.29, 1.82) is 0 Å². The standard InChI is InChI=1S/C18H19F3N2OS/c19-18(20,21)11-1-4-15-14(7-11)17-13(3-2-12(8-22)24-17)16(23-15)10-5-6-25-9-10/h1,4-7,9,12-13,16-17,23H,2-3,8,22H2/t12-,13+,16+,17+/m1/s1. The minimum Gasteiger partial charge on any atom is -0.378 e. The molecule has 0 bridgehead atoms. The first-order valence-electron chi connectivity index (χ1n) is 8.32. The number of benzene rings is 1. The molecule has 0 aliphatic carbocycles. The molecule has 2 aliphatic rings. The average Bonchev–Trinajstić information content (AvgIpc) is 3.13. The van der Waals surface area contributed by atoms with E-state index < -0.39 is 11.7 Å². The van der Waals surface area contributed by atoms with Gasteiger partial charge in [0.2, 0.25) is 0 Å². The molecule has 2 aliphatic heterocycles. The van der Waals surface area contributed by atoms with Crippen LogP contribution in [0.3, 0.4) is 0 Å². The molecule has 0 saturated carbocycles. The Bertz CT molecular complexity index is 747. The summed E-state index contributed by atoms with van der Waals surface area (Å²) in [6, 6.07) is 5.97. The quantitative estimate of drug-likeness (QED) is 0.806. The van der Waals surface area contributed by atoms with Gasteiger partial charge in [0.05, 0.1) is 23.8 Å². The molecule has 0 amide bonds. The summed E-state index contributed by atoms with van der Waals surface area (Å²) in [6.45, 7) is 0.383. The number of hydrogen-bond donors (Lipinski definition) is 2. The molecule has 7 heteroatoms. The topological polar surface area (TPSA) is 47.3 Å². The van der Waals surface area contributed by atoms with Crippen LogP contribution in [0.15, 0.2) is 35.0 Å².